The summed E-state index contributed by atoms with van der Waals surface area (Å²) in [5.41, 5.74) is 0.0746. The van der Waals surface area contributed by atoms with Gasteiger partial charge in [0.05, 0.1) is 5.56 Å². The fourth-order valence-corrected chi connectivity index (χ4v) is 3.28. The number of carbonyl (C=O) groups excluding carboxylic acids is 1. The lowest BCUT2D eigenvalue weighted by atomic mass is 9.97. The number of alkyl halides is 3. The van der Waals surface area contributed by atoms with Gasteiger partial charge in [0, 0.05) is 25.6 Å². The van der Waals surface area contributed by atoms with Crippen LogP contribution in [-0.4, -0.2) is 40.7 Å². The highest BCUT2D eigenvalue weighted by Crippen LogP contribution is 2.30. The van der Waals surface area contributed by atoms with Crippen molar-refractivity contribution in [2.45, 2.75) is 44.7 Å². The predicted molar refractivity (Wildman–Crippen MR) is 95.8 cm³/mol. The zero-order chi connectivity index (χ0) is 20.3. The average molecular weight is 396 g/mol. The largest absolute Gasteiger partial charge is 0.416 e. The number of halogens is 3. The van der Waals surface area contributed by atoms with Gasteiger partial charge in [0.1, 0.15) is 0 Å². The second kappa shape index (κ2) is 8.20. The van der Waals surface area contributed by atoms with E-state index in [4.69, 9.17) is 4.52 Å². The van der Waals surface area contributed by atoms with Gasteiger partial charge in [-0.05, 0) is 43.4 Å². The number of piperidine rings is 1. The zero-order valence-electron chi connectivity index (χ0n) is 15.8. The summed E-state index contributed by atoms with van der Waals surface area (Å²) < 4.78 is 43.1. The standard InChI is InChI=1S/C19H23F3N4O2/c1-12(14-3-5-16(6-4-14)19(20,21)22)11-23-18(27)26-9-7-15(8-10-26)17-24-13(2)25-28-17/h3-6,12,15H,7-11H2,1-2H3,(H,23,27). The van der Waals surface area contributed by atoms with E-state index in [1.807, 2.05) is 6.92 Å². The first-order valence-corrected chi connectivity index (χ1v) is 9.24. The molecule has 1 aromatic heterocycles. The minimum atomic E-state index is -4.35. The minimum Gasteiger partial charge on any atom is -0.339 e. The molecule has 28 heavy (non-hydrogen) atoms. The van der Waals surface area contributed by atoms with E-state index in [9.17, 15) is 18.0 Å². The lowest BCUT2D eigenvalue weighted by Crippen LogP contribution is -2.45. The van der Waals surface area contributed by atoms with Crippen LogP contribution in [0.2, 0.25) is 0 Å². The number of nitrogens with one attached hydrogen (secondary N) is 1. The number of nitrogens with zero attached hydrogens (tertiary/aromatic N) is 3. The number of hydrogen-bond donors (Lipinski definition) is 1. The van der Waals surface area contributed by atoms with Crippen LogP contribution in [0.15, 0.2) is 28.8 Å². The van der Waals surface area contributed by atoms with Gasteiger partial charge in [-0.3, -0.25) is 0 Å². The van der Waals surface area contributed by atoms with Gasteiger partial charge < -0.3 is 14.7 Å². The van der Waals surface area contributed by atoms with Crippen LogP contribution in [0.3, 0.4) is 0 Å². The molecule has 2 heterocycles. The van der Waals surface area contributed by atoms with Crippen molar-refractivity contribution in [3.63, 3.8) is 0 Å². The third-order valence-electron chi connectivity index (χ3n) is 5.04. The van der Waals surface area contributed by atoms with Crippen molar-refractivity contribution in [2.75, 3.05) is 19.6 Å². The van der Waals surface area contributed by atoms with Crippen LogP contribution in [0.25, 0.3) is 0 Å². The van der Waals surface area contributed by atoms with Crippen LogP contribution in [0.4, 0.5) is 18.0 Å². The second-order valence-electron chi connectivity index (χ2n) is 7.15. The van der Waals surface area contributed by atoms with E-state index in [-0.39, 0.29) is 17.9 Å². The molecule has 0 radical (unpaired) electrons. The molecule has 6 nitrogen and oxygen atoms in total. The maximum atomic E-state index is 12.6. The van der Waals surface area contributed by atoms with Crippen molar-refractivity contribution in [3.05, 3.63) is 47.1 Å². The fourth-order valence-electron chi connectivity index (χ4n) is 3.28. The number of hydrogen-bond acceptors (Lipinski definition) is 4. The van der Waals surface area contributed by atoms with E-state index >= 15 is 0 Å². The Morgan fingerprint density at radius 1 is 1.29 bits per heavy atom. The summed E-state index contributed by atoms with van der Waals surface area (Å²) in [7, 11) is 0. The highest BCUT2D eigenvalue weighted by Gasteiger charge is 2.30. The lowest BCUT2D eigenvalue weighted by Gasteiger charge is -2.30. The summed E-state index contributed by atoms with van der Waals surface area (Å²) in [6.45, 7) is 5.17. The molecule has 2 amide bonds. The number of benzene rings is 1. The Bertz CT molecular complexity index is 796. The van der Waals surface area contributed by atoms with Crippen LogP contribution < -0.4 is 5.32 Å². The molecule has 1 N–H and O–H groups in total. The van der Waals surface area contributed by atoms with Gasteiger partial charge in [-0.25, -0.2) is 4.79 Å². The van der Waals surface area contributed by atoms with E-state index < -0.39 is 11.7 Å². The summed E-state index contributed by atoms with van der Waals surface area (Å²) in [6.07, 6.45) is -2.84. The summed E-state index contributed by atoms with van der Waals surface area (Å²) in [5, 5.41) is 6.67. The van der Waals surface area contributed by atoms with Crippen LogP contribution in [0, 0.1) is 6.92 Å². The molecule has 0 aliphatic carbocycles. The second-order valence-corrected chi connectivity index (χ2v) is 7.15. The fraction of sp³-hybridized carbons (Fsp3) is 0.526. The summed E-state index contributed by atoms with van der Waals surface area (Å²) in [4.78, 5) is 18.4. The van der Waals surface area contributed by atoms with Crippen LogP contribution in [0.1, 0.15) is 54.4 Å². The van der Waals surface area contributed by atoms with Crippen molar-refractivity contribution in [2.24, 2.45) is 0 Å². The van der Waals surface area contributed by atoms with Crippen molar-refractivity contribution >= 4 is 6.03 Å². The number of likely N-dealkylation sites (tertiary alicyclic amines) is 1. The Kier molecular flexibility index (Phi) is 5.90. The molecule has 1 aliphatic rings. The number of urea groups is 1. The average Bonchev–Trinajstić information content (AvgIpc) is 3.11. The third kappa shape index (κ3) is 4.82. The molecule has 0 bridgehead atoms. The maximum absolute atomic E-state index is 12.6. The summed E-state index contributed by atoms with van der Waals surface area (Å²) in [6, 6.07) is 4.88. The lowest BCUT2D eigenvalue weighted by molar-refractivity contribution is -0.137. The van der Waals surface area contributed by atoms with Crippen LogP contribution in [-0.2, 0) is 6.18 Å². The summed E-state index contributed by atoms with van der Waals surface area (Å²) in [5.74, 6) is 1.29. The summed E-state index contributed by atoms with van der Waals surface area (Å²) >= 11 is 0. The van der Waals surface area contributed by atoms with Gasteiger partial charge in [-0.1, -0.05) is 24.2 Å². The molecule has 1 unspecified atom stereocenters. The number of amides is 2. The van der Waals surface area contributed by atoms with Gasteiger partial charge in [0.2, 0.25) is 5.89 Å². The minimum absolute atomic E-state index is 0.0925. The van der Waals surface area contributed by atoms with E-state index in [0.717, 1.165) is 30.5 Å². The SMILES string of the molecule is Cc1noc(C2CCN(C(=O)NCC(C)c3ccc(C(F)(F)F)cc3)CC2)n1. The molecule has 2 aromatic rings. The first kappa shape index (κ1) is 20.2. The van der Waals surface area contributed by atoms with E-state index in [0.29, 0.717) is 31.3 Å². The van der Waals surface area contributed by atoms with Gasteiger partial charge in [0.15, 0.2) is 5.82 Å². The molecule has 152 valence electrons. The molecular weight excluding hydrogens is 373 g/mol. The zero-order valence-corrected chi connectivity index (χ0v) is 15.8. The molecule has 1 atom stereocenters. The van der Waals surface area contributed by atoms with E-state index in [1.54, 1.807) is 11.8 Å². The molecular formula is C19H23F3N4O2. The van der Waals surface area contributed by atoms with Crippen molar-refractivity contribution in [3.8, 4) is 0 Å². The number of carbonyl (C=O) groups is 1. The highest BCUT2D eigenvalue weighted by atomic mass is 19.4. The Hall–Kier alpha value is -2.58. The molecule has 1 fully saturated rings. The maximum Gasteiger partial charge on any atom is 0.416 e. The molecule has 1 saturated heterocycles. The molecule has 1 aromatic carbocycles. The predicted octanol–water partition coefficient (Wildman–Crippen LogP) is 4.09. The van der Waals surface area contributed by atoms with Crippen molar-refractivity contribution in [1.29, 1.82) is 0 Å². The number of aromatic nitrogens is 2. The first-order chi connectivity index (χ1) is 13.2. The van der Waals surface area contributed by atoms with E-state index in [2.05, 4.69) is 15.5 Å². The highest BCUT2D eigenvalue weighted by molar-refractivity contribution is 5.74. The smallest absolute Gasteiger partial charge is 0.339 e. The Balaban J connectivity index is 1.46. The van der Waals surface area contributed by atoms with E-state index in [1.165, 1.54) is 12.1 Å². The Morgan fingerprint density at radius 2 is 1.93 bits per heavy atom. The quantitative estimate of drug-likeness (QED) is 0.845. The first-order valence-electron chi connectivity index (χ1n) is 9.24. The normalized spacial score (nSPS) is 16.8. The third-order valence-corrected chi connectivity index (χ3v) is 5.04. The Morgan fingerprint density at radius 3 is 2.46 bits per heavy atom. The molecule has 0 spiro atoms. The van der Waals surface area contributed by atoms with Gasteiger partial charge in [-0.15, -0.1) is 0 Å². The van der Waals surface area contributed by atoms with Gasteiger partial charge >= 0.3 is 12.2 Å². The topological polar surface area (TPSA) is 71.3 Å². The molecule has 3 rings (SSSR count). The van der Waals surface area contributed by atoms with Gasteiger partial charge in [0.25, 0.3) is 0 Å². The number of rotatable bonds is 4. The Labute approximate surface area is 161 Å². The van der Waals surface area contributed by atoms with Crippen molar-refractivity contribution < 1.29 is 22.5 Å². The monoisotopic (exact) mass is 396 g/mol. The van der Waals surface area contributed by atoms with Crippen LogP contribution >= 0.6 is 0 Å². The number of aryl methyl sites for hydroxylation is 1. The van der Waals surface area contributed by atoms with Crippen molar-refractivity contribution in [1.82, 2.24) is 20.4 Å². The molecule has 1 aliphatic heterocycles. The van der Waals surface area contributed by atoms with Gasteiger partial charge in [-0.2, -0.15) is 18.2 Å². The molecule has 0 saturated carbocycles. The molecule has 9 heteroatoms. The van der Waals surface area contributed by atoms with Crippen LogP contribution in [0.5, 0.6) is 0 Å².